The molecule has 0 aliphatic heterocycles. The summed E-state index contributed by atoms with van der Waals surface area (Å²) in [6, 6.07) is 24.0. The molecule has 2 heteroatoms. The lowest BCUT2D eigenvalue weighted by Gasteiger charge is -2.11. The molecule has 0 radical (unpaired) electrons. The summed E-state index contributed by atoms with van der Waals surface area (Å²) < 4.78 is 9.50. The molecular weight excluding hydrogens is 453 g/mol. The Balaban J connectivity index is 0.00000145. The molecule has 37 heavy (non-hydrogen) atoms. The molecule has 0 fully saturated rings. The molecule has 0 N–H and O–H groups in total. The highest BCUT2D eigenvalue weighted by atomic mass is 19.1. The topological polar surface area (TPSA) is 12.4 Å². The van der Waals surface area contributed by atoms with Gasteiger partial charge in [0.2, 0.25) is 0 Å². The molecule has 1 nitrogen and oxygen atoms in total. The summed E-state index contributed by atoms with van der Waals surface area (Å²) in [5.74, 6) is 0. The van der Waals surface area contributed by atoms with Crippen molar-refractivity contribution in [3.05, 3.63) is 119 Å². The minimum atomic E-state index is 0.500. The molecule has 0 amide bonds. The Morgan fingerprint density at radius 3 is 1.97 bits per heavy atom. The quantitative estimate of drug-likeness (QED) is 0.225. The average molecular weight is 502 g/mol. The minimum absolute atomic E-state index is 0.500. The van der Waals surface area contributed by atoms with E-state index >= 15 is 0 Å². The van der Waals surface area contributed by atoms with Crippen molar-refractivity contribution in [2.24, 2.45) is 4.99 Å². The summed E-state index contributed by atoms with van der Waals surface area (Å²) in [5.41, 5.74) is 10.2. The predicted molar refractivity (Wildman–Crippen MR) is 166 cm³/mol. The zero-order valence-corrected chi connectivity index (χ0v) is 24.6. The van der Waals surface area contributed by atoms with Crippen LogP contribution in [0.4, 0.5) is 4.39 Å². The van der Waals surface area contributed by atoms with Gasteiger partial charge in [-0.15, -0.1) is 0 Å². The van der Waals surface area contributed by atoms with Crippen LogP contribution in [0.2, 0.25) is 0 Å². The molecule has 3 aromatic rings. The lowest BCUT2D eigenvalue weighted by Crippen LogP contribution is -2.00. The largest absolute Gasteiger partial charge is 0.285 e. The number of alkyl halides is 1. The van der Waals surface area contributed by atoms with Gasteiger partial charge in [0.15, 0.2) is 0 Å². The third kappa shape index (κ3) is 12.0. The van der Waals surface area contributed by atoms with Gasteiger partial charge in [-0.05, 0) is 98.5 Å². The number of halogens is 1. The van der Waals surface area contributed by atoms with Crippen LogP contribution in [0.25, 0.3) is 11.1 Å². The molecule has 0 unspecified atom stereocenters. The number of rotatable bonds is 7. The summed E-state index contributed by atoms with van der Waals surface area (Å²) in [5, 5.41) is 0. The Morgan fingerprint density at radius 1 is 0.784 bits per heavy atom. The number of aliphatic imine (C=N–C) groups is 1. The van der Waals surface area contributed by atoms with Crippen LogP contribution in [0.1, 0.15) is 76.3 Å². The van der Waals surface area contributed by atoms with Crippen molar-refractivity contribution >= 4 is 5.71 Å². The van der Waals surface area contributed by atoms with E-state index in [4.69, 9.17) is 4.99 Å². The van der Waals surface area contributed by atoms with Gasteiger partial charge in [-0.25, -0.2) is 0 Å². The summed E-state index contributed by atoms with van der Waals surface area (Å²) in [6.07, 6.45) is 10.3. The molecule has 0 saturated carbocycles. The molecule has 200 valence electrons. The molecule has 0 atom stereocenters. The molecule has 3 rings (SSSR count). The predicted octanol–water partition coefficient (Wildman–Crippen LogP) is 10.5. The molecule has 0 aliphatic carbocycles. The van der Waals surface area contributed by atoms with Crippen molar-refractivity contribution in [2.45, 2.75) is 74.8 Å². The normalized spacial score (nSPS) is 10.7. The van der Waals surface area contributed by atoms with Crippen LogP contribution in [-0.4, -0.2) is 12.9 Å². The summed E-state index contributed by atoms with van der Waals surface area (Å²) in [4.78, 5) is 4.96. The fourth-order valence-electron chi connectivity index (χ4n) is 3.66. The standard InChI is InChI=1S/C28H31N.C4H8.C2H6.CH3F/c1-5-7-12-23-17-27(19-28(18-23)25-13-9-8-10-14-25)22(4)29-20-26-16-11-15-24(6-2)21(26)3;1-3-4-2;2*1-2/h5,7-11,13-19H,6,12,20H2,1-4H3;3-4H,1-2H3;1-2H3;1H3/b7-5-,29-22?;4-3-;;. The molecule has 0 aromatic heterocycles. The van der Waals surface area contributed by atoms with Crippen LogP contribution in [0.3, 0.4) is 0 Å². The maximum atomic E-state index is 9.50. The van der Waals surface area contributed by atoms with Gasteiger partial charge >= 0.3 is 0 Å². The third-order valence-electron chi connectivity index (χ3n) is 5.87. The van der Waals surface area contributed by atoms with Crippen molar-refractivity contribution in [1.82, 2.24) is 0 Å². The van der Waals surface area contributed by atoms with Gasteiger partial charge in [0, 0.05) is 5.71 Å². The molecule has 0 saturated heterocycles. The maximum Gasteiger partial charge on any atom is 0.0785 e. The fraction of sp³-hybridized carbons (Fsp3) is 0.343. The first-order chi connectivity index (χ1) is 18.0. The first-order valence-corrected chi connectivity index (χ1v) is 13.4. The van der Waals surface area contributed by atoms with E-state index in [-0.39, 0.29) is 0 Å². The zero-order valence-electron chi connectivity index (χ0n) is 24.6. The van der Waals surface area contributed by atoms with Crippen LogP contribution in [0, 0.1) is 6.92 Å². The first-order valence-electron chi connectivity index (χ1n) is 13.4. The Morgan fingerprint density at radius 2 is 1.41 bits per heavy atom. The molecule has 0 aliphatic rings. The smallest absolute Gasteiger partial charge is 0.0785 e. The van der Waals surface area contributed by atoms with E-state index in [0.717, 1.165) is 25.1 Å². The number of benzene rings is 3. The van der Waals surface area contributed by atoms with Crippen molar-refractivity contribution in [3.8, 4) is 11.1 Å². The van der Waals surface area contributed by atoms with E-state index in [1.807, 2.05) is 39.8 Å². The molecule has 0 bridgehead atoms. The second-order valence-electron chi connectivity index (χ2n) is 8.18. The fourth-order valence-corrected chi connectivity index (χ4v) is 3.66. The SMILES string of the molecule is C/C=C\C.C/C=C\Cc1cc(C(C)=NCc2cccc(CC)c2C)cc(-c2ccccc2)c1.CC.CF. The second kappa shape index (κ2) is 20.9. The summed E-state index contributed by atoms with van der Waals surface area (Å²) in [6.45, 7) is 17.3. The lowest BCUT2D eigenvalue weighted by atomic mass is 9.96. The first kappa shape index (κ1) is 33.7. The van der Waals surface area contributed by atoms with Gasteiger partial charge in [-0.1, -0.05) is 99.7 Å². The van der Waals surface area contributed by atoms with Crippen molar-refractivity contribution in [1.29, 1.82) is 0 Å². The van der Waals surface area contributed by atoms with Crippen molar-refractivity contribution in [2.75, 3.05) is 7.18 Å². The van der Waals surface area contributed by atoms with Crippen LogP contribution >= 0.6 is 0 Å². The highest BCUT2D eigenvalue weighted by Gasteiger charge is 2.07. The second-order valence-corrected chi connectivity index (χ2v) is 8.18. The van der Waals surface area contributed by atoms with Gasteiger partial charge in [-0.2, -0.15) is 0 Å². The number of hydrogen-bond donors (Lipinski definition) is 0. The number of nitrogens with zero attached hydrogens (tertiary/aromatic N) is 1. The molecule has 3 aromatic carbocycles. The highest BCUT2D eigenvalue weighted by Crippen LogP contribution is 2.24. The van der Waals surface area contributed by atoms with E-state index in [2.05, 4.69) is 107 Å². The summed E-state index contributed by atoms with van der Waals surface area (Å²) >= 11 is 0. The van der Waals surface area contributed by atoms with Crippen LogP contribution in [0.5, 0.6) is 0 Å². The van der Waals surface area contributed by atoms with Gasteiger partial charge < -0.3 is 0 Å². The Labute approximate surface area is 226 Å². The lowest BCUT2D eigenvalue weighted by molar-refractivity contribution is 0.636. The van der Waals surface area contributed by atoms with E-state index in [0.29, 0.717) is 7.18 Å². The van der Waals surface area contributed by atoms with Gasteiger partial charge in [0.05, 0.1) is 13.7 Å². The van der Waals surface area contributed by atoms with Gasteiger partial charge in [0.25, 0.3) is 0 Å². The average Bonchev–Trinajstić information content (AvgIpc) is 2.97. The van der Waals surface area contributed by atoms with E-state index in [1.165, 1.54) is 38.9 Å². The Kier molecular flexibility index (Phi) is 19.0. The number of aryl methyl sites for hydroxylation is 1. The zero-order chi connectivity index (χ0) is 28.1. The molecule has 0 spiro atoms. The molecular formula is C35H48FN. The highest BCUT2D eigenvalue weighted by molar-refractivity contribution is 6.00. The van der Waals surface area contributed by atoms with E-state index in [9.17, 15) is 4.39 Å². The Hall–Kier alpha value is -3.26. The number of hydrogen-bond acceptors (Lipinski definition) is 1. The number of allylic oxidation sites excluding steroid dienone is 4. The van der Waals surface area contributed by atoms with Crippen molar-refractivity contribution in [3.63, 3.8) is 0 Å². The van der Waals surface area contributed by atoms with Crippen LogP contribution in [0.15, 0.2) is 96.0 Å². The van der Waals surface area contributed by atoms with Crippen LogP contribution in [-0.2, 0) is 19.4 Å². The monoisotopic (exact) mass is 501 g/mol. The Bertz CT molecular complexity index is 1090. The summed E-state index contributed by atoms with van der Waals surface area (Å²) in [7, 11) is 0.500. The maximum absolute atomic E-state index is 9.50. The van der Waals surface area contributed by atoms with E-state index < -0.39 is 0 Å². The van der Waals surface area contributed by atoms with Gasteiger partial charge in [-0.3, -0.25) is 9.38 Å². The minimum Gasteiger partial charge on any atom is -0.285 e. The van der Waals surface area contributed by atoms with Crippen molar-refractivity contribution < 1.29 is 4.39 Å². The van der Waals surface area contributed by atoms with Gasteiger partial charge in [0.1, 0.15) is 0 Å². The third-order valence-corrected chi connectivity index (χ3v) is 5.87. The van der Waals surface area contributed by atoms with Crippen LogP contribution < -0.4 is 0 Å². The molecule has 0 heterocycles. The van der Waals surface area contributed by atoms with E-state index in [1.54, 1.807) is 0 Å².